The van der Waals surface area contributed by atoms with Crippen LogP contribution in [0.5, 0.6) is 28.9 Å². The highest BCUT2D eigenvalue weighted by Crippen LogP contribution is 2.48. The van der Waals surface area contributed by atoms with Crippen LogP contribution < -0.4 is 18.9 Å². The topological polar surface area (TPSA) is 89.0 Å². The summed E-state index contributed by atoms with van der Waals surface area (Å²) < 4.78 is 82.7. The Hall–Kier alpha value is -4.45. The van der Waals surface area contributed by atoms with Crippen molar-refractivity contribution < 1.29 is 46.0 Å². The van der Waals surface area contributed by atoms with Crippen LogP contribution in [-0.2, 0) is 28.5 Å². The Morgan fingerprint density at radius 3 is 2.40 bits per heavy atom. The minimum atomic E-state index is -4.63. The molecule has 0 unspecified atom stereocenters. The van der Waals surface area contributed by atoms with Gasteiger partial charge in [0.15, 0.2) is 11.5 Å². The van der Waals surface area contributed by atoms with Gasteiger partial charge in [-0.1, -0.05) is 12.1 Å². The second-order valence-electron chi connectivity index (χ2n) is 10.2. The number of hydrogen-bond acceptors (Lipinski definition) is 8. The molecule has 2 aliphatic rings. The molecule has 0 amide bonds. The zero-order valence-electron chi connectivity index (χ0n) is 22.8. The van der Waals surface area contributed by atoms with Crippen molar-refractivity contribution in [1.29, 1.82) is 0 Å². The van der Waals surface area contributed by atoms with E-state index in [1.54, 1.807) is 30.3 Å². The van der Waals surface area contributed by atoms with E-state index in [9.17, 15) is 22.4 Å². The number of rotatable bonds is 8. The van der Waals surface area contributed by atoms with Crippen molar-refractivity contribution in [1.82, 2.24) is 9.97 Å². The second kappa shape index (κ2) is 12.0. The first-order valence-electron chi connectivity index (χ1n) is 13.7. The molecule has 1 saturated heterocycles. The third-order valence-corrected chi connectivity index (χ3v) is 7.10. The van der Waals surface area contributed by atoms with Gasteiger partial charge in [0.1, 0.15) is 48.4 Å². The van der Waals surface area contributed by atoms with Gasteiger partial charge in [0.05, 0.1) is 24.3 Å². The maximum absolute atomic E-state index is 14.1. The number of benzene rings is 3. The van der Waals surface area contributed by atoms with Crippen molar-refractivity contribution in [2.45, 2.75) is 38.0 Å². The number of Topliss-reactive ketones (excluding diaryl/α,β-unsaturated/α-hetero) is 1. The van der Waals surface area contributed by atoms with Gasteiger partial charge in [0.25, 0.3) is 0 Å². The van der Waals surface area contributed by atoms with Crippen molar-refractivity contribution in [3.8, 4) is 28.9 Å². The van der Waals surface area contributed by atoms with Gasteiger partial charge >= 0.3 is 6.18 Å². The van der Waals surface area contributed by atoms with Crippen LogP contribution in [0.3, 0.4) is 0 Å². The van der Waals surface area contributed by atoms with Gasteiger partial charge in [0.2, 0.25) is 11.6 Å². The number of ether oxygens (including phenoxy) is 5. The minimum absolute atomic E-state index is 0.0205. The van der Waals surface area contributed by atoms with E-state index < -0.39 is 29.8 Å². The molecule has 0 radical (unpaired) electrons. The summed E-state index contributed by atoms with van der Waals surface area (Å²) in [7, 11) is 0. The molecule has 1 fully saturated rings. The van der Waals surface area contributed by atoms with Crippen molar-refractivity contribution in [3.63, 3.8) is 0 Å². The van der Waals surface area contributed by atoms with Gasteiger partial charge in [-0.3, -0.25) is 4.79 Å². The van der Waals surface area contributed by atoms with Gasteiger partial charge in [-0.15, -0.1) is 0 Å². The minimum Gasteiger partial charge on any atom is -0.486 e. The summed E-state index contributed by atoms with van der Waals surface area (Å²) in [5, 5.41) is 0.513. The standard InChI is InChI=1S/C31H26F4N2O6/c32-24-6-3-20(31(33,34)35)14-19(24)15-21(38)13-18-1-4-22(5-2-18)43-30-27-25(36-17-37-30)16-26(28-29(27)41-12-11-40-28)42-23-7-9-39-10-8-23/h1-6,14,16-17,23H,7-13,15H2. The third kappa shape index (κ3) is 6.48. The highest BCUT2D eigenvalue weighted by atomic mass is 19.4. The van der Waals surface area contributed by atoms with Gasteiger partial charge in [0, 0.05) is 31.7 Å². The van der Waals surface area contributed by atoms with Gasteiger partial charge < -0.3 is 23.7 Å². The fourth-order valence-corrected chi connectivity index (χ4v) is 5.00. The number of hydrogen-bond donors (Lipinski definition) is 0. The lowest BCUT2D eigenvalue weighted by molar-refractivity contribution is -0.137. The lowest BCUT2D eigenvalue weighted by Gasteiger charge is -2.27. The monoisotopic (exact) mass is 598 g/mol. The quantitative estimate of drug-likeness (QED) is 0.220. The number of aromatic nitrogens is 2. The van der Waals surface area contributed by atoms with E-state index in [1.807, 2.05) is 0 Å². The molecule has 12 heteroatoms. The predicted octanol–water partition coefficient (Wildman–Crippen LogP) is 6.26. The average molecular weight is 599 g/mol. The molecular weight excluding hydrogens is 572 g/mol. The molecule has 0 bridgehead atoms. The second-order valence-corrected chi connectivity index (χ2v) is 10.2. The molecule has 4 aromatic rings. The maximum Gasteiger partial charge on any atom is 0.416 e. The molecule has 6 rings (SSSR count). The highest BCUT2D eigenvalue weighted by Gasteiger charge is 2.31. The molecule has 3 heterocycles. The number of carbonyl (C=O) groups excluding carboxylic acids is 1. The van der Waals surface area contributed by atoms with E-state index in [-0.39, 0.29) is 24.0 Å². The van der Waals surface area contributed by atoms with E-state index in [0.717, 1.165) is 18.9 Å². The zero-order valence-corrected chi connectivity index (χ0v) is 22.8. The van der Waals surface area contributed by atoms with Gasteiger partial charge in [-0.05, 0) is 41.5 Å². The Morgan fingerprint density at radius 2 is 1.65 bits per heavy atom. The number of alkyl halides is 3. The summed E-state index contributed by atoms with van der Waals surface area (Å²) >= 11 is 0. The first-order chi connectivity index (χ1) is 20.7. The fourth-order valence-electron chi connectivity index (χ4n) is 5.00. The SMILES string of the molecule is O=C(Cc1ccc(Oc2ncnc3cc(OC4CCOCC4)c4c(c23)OCCO4)cc1)Cc1cc(C(F)(F)F)ccc1F. The van der Waals surface area contributed by atoms with Crippen molar-refractivity contribution in [2.75, 3.05) is 26.4 Å². The predicted molar refractivity (Wildman–Crippen MR) is 145 cm³/mol. The number of carbonyl (C=O) groups is 1. The lowest BCUT2D eigenvalue weighted by Crippen LogP contribution is -2.26. The molecule has 2 aliphatic heterocycles. The Labute approximate surface area is 243 Å². The van der Waals surface area contributed by atoms with Crippen LogP contribution in [0.4, 0.5) is 17.6 Å². The first-order valence-corrected chi connectivity index (χ1v) is 13.7. The Kier molecular flexibility index (Phi) is 8.02. The Morgan fingerprint density at radius 1 is 0.907 bits per heavy atom. The van der Waals surface area contributed by atoms with E-state index in [1.165, 1.54) is 6.33 Å². The van der Waals surface area contributed by atoms with Crippen LogP contribution in [0.1, 0.15) is 29.5 Å². The molecule has 0 N–H and O–H groups in total. The number of nitrogens with zero attached hydrogens (tertiary/aromatic N) is 2. The smallest absolute Gasteiger partial charge is 0.416 e. The molecule has 0 atom stereocenters. The molecule has 3 aromatic carbocycles. The van der Waals surface area contributed by atoms with Crippen molar-refractivity contribution >= 4 is 16.7 Å². The molecule has 43 heavy (non-hydrogen) atoms. The summed E-state index contributed by atoms with van der Waals surface area (Å²) in [6.45, 7) is 1.93. The molecular formula is C31H26F4N2O6. The summed E-state index contributed by atoms with van der Waals surface area (Å²) in [5.74, 6) is 0.748. The Balaban J connectivity index is 1.18. The lowest BCUT2D eigenvalue weighted by atomic mass is 10.0. The fraction of sp³-hybridized carbons (Fsp3) is 0.323. The van der Waals surface area contributed by atoms with E-state index in [4.69, 9.17) is 23.7 Å². The third-order valence-electron chi connectivity index (χ3n) is 7.10. The van der Waals surface area contributed by atoms with Gasteiger partial charge in [-0.25, -0.2) is 14.4 Å². The summed E-state index contributed by atoms with van der Waals surface area (Å²) in [5.41, 5.74) is -0.176. The van der Waals surface area contributed by atoms with E-state index >= 15 is 0 Å². The molecule has 0 saturated carbocycles. The summed E-state index contributed by atoms with van der Waals surface area (Å²) in [6.07, 6.45) is -2.32. The van der Waals surface area contributed by atoms with Crippen LogP contribution in [0.2, 0.25) is 0 Å². The van der Waals surface area contributed by atoms with Crippen LogP contribution in [-0.4, -0.2) is 48.3 Å². The van der Waals surface area contributed by atoms with Crippen molar-refractivity contribution in [2.24, 2.45) is 0 Å². The molecule has 0 aliphatic carbocycles. The number of fused-ring (bicyclic) bond motifs is 3. The van der Waals surface area contributed by atoms with Crippen LogP contribution in [0.25, 0.3) is 10.9 Å². The molecule has 1 aromatic heterocycles. The van der Waals surface area contributed by atoms with Crippen molar-refractivity contribution in [3.05, 3.63) is 77.4 Å². The van der Waals surface area contributed by atoms with Crippen LogP contribution in [0, 0.1) is 5.82 Å². The first kappa shape index (κ1) is 28.7. The highest BCUT2D eigenvalue weighted by molar-refractivity contribution is 5.94. The normalized spacial score (nSPS) is 15.3. The molecule has 8 nitrogen and oxygen atoms in total. The van der Waals surface area contributed by atoms with E-state index in [0.29, 0.717) is 78.0 Å². The molecule has 224 valence electrons. The number of halogens is 4. The van der Waals surface area contributed by atoms with Crippen LogP contribution >= 0.6 is 0 Å². The maximum atomic E-state index is 14.1. The van der Waals surface area contributed by atoms with Crippen LogP contribution in [0.15, 0.2) is 54.9 Å². The Bertz CT molecular complexity index is 1640. The number of ketones is 1. The van der Waals surface area contributed by atoms with E-state index in [2.05, 4.69) is 9.97 Å². The zero-order chi connectivity index (χ0) is 30.0. The summed E-state index contributed by atoms with van der Waals surface area (Å²) in [6, 6.07) is 10.4. The largest absolute Gasteiger partial charge is 0.486 e. The summed E-state index contributed by atoms with van der Waals surface area (Å²) in [4.78, 5) is 21.3. The van der Waals surface area contributed by atoms with Gasteiger partial charge in [-0.2, -0.15) is 13.2 Å². The average Bonchev–Trinajstić information content (AvgIpc) is 2.99. The molecule has 0 spiro atoms.